The quantitative estimate of drug-likeness (QED) is 0.401. The highest BCUT2D eigenvalue weighted by atomic mass is 16.5. The van der Waals surface area contributed by atoms with Crippen molar-refractivity contribution in [2.24, 2.45) is 16.3 Å². The number of carbonyl (C=O) groups is 3. The zero-order valence-electron chi connectivity index (χ0n) is 23.2. The van der Waals surface area contributed by atoms with E-state index in [-0.39, 0.29) is 25.0 Å². The number of nitrogens with two attached hydrogens (primary N) is 1. The molecule has 2 aliphatic rings. The van der Waals surface area contributed by atoms with Crippen molar-refractivity contribution in [3.05, 3.63) is 107 Å². The monoisotopic (exact) mass is 553 g/mol. The van der Waals surface area contributed by atoms with Crippen LogP contribution in [0.4, 0.5) is 0 Å². The number of amides is 3. The third-order valence-corrected chi connectivity index (χ3v) is 7.69. The van der Waals surface area contributed by atoms with Crippen LogP contribution in [0.2, 0.25) is 0 Å². The first-order valence-corrected chi connectivity index (χ1v) is 13.8. The molecule has 2 aliphatic heterocycles. The van der Waals surface area contributed by atoms with Crippen molar-refractivity contribution in [1.82, 2.24) is 15.2 Å². The smallest absolute Gasteiger partial charge is 0.256 e. The summed E-state index contributed by atoms with van der Waals surface area (Å²) in [5.74, 6) is -0.819. The highest BCUT2D eigenvalue weighted by Crippen LogP contribution is 2.38. The summed E-state index contributed by atoms with van der Waals surface area (Å²) in [5, 5.41) is 8.82. The fourth-order valence-corrected chi connectivity index (χ4v) is 5.56. The molecular formula is C32H35N5O4. The Morgan fingerprint density at radius 1 is 1.00 bits per heavy atom. The second kappa shape index (κ2) is 12.4. The third kappa shape index (κ3) is 6.21. The number of nitrogens with one attached hydrogen (secondary N) is 1. The summed E-state index contributed by atoms with van der Waals surface area (Å²) in [6.45, 7) is 1.14. The van der Waals surface area contributed by atoms with Crippen LogP contribution in [0.5, 0.6) is 0 Å². The molecule has 1 saturated heterocycles. The molecule has 0 spiro atoms. The lowest BCUT2D eigenvalue weighted by Crippen LogP contribution is -2.59. The predicted molar refractivity (Wildman–Crippen MR) is 156 cm³/mol. The van der Waals surface area contributed by atoms with Gasteiger partial charge in [0.2, 0.25) is 5.91 Å². The molecule has 3 amide bonds. The third-order valence-electron chi connectivity index (χ3n) is 7.69. The highest BCUT2D eigenvalue weighted by molar-refractivity contribution is 6.13. The SMILES string of the molecule is CN1N=C2CCN(C(=O)C(COCc3ccccc3)NC(=O)c3cccc(CN)c3)CC2(Cc2ccccc2)C1=O. The van der Waals surface area contributed by atoms with Crippen LogP contribution < -0.4 is 11.1 Å². The Kier molecular flexibility index (Phi) is 8.56. The molecular weight excluding hydrogens is 518 g/mol. The molecule has 3 aromatic rings. The van der Waals surface area contributed by atoms with Crippen molar-refractivity contribution < 1.29 is 19.1 Å². The first-order chi connectivity index (χ1) is 19.9. The van der Waals surface area contributed by atoms with E-state index in [1.165, 1.54) is 5.01 Å². The van der Waals surface area contributed by atoms with Crippen molar-refractivity contribution in [1.29, 1.82) is 0 Å². The van der Waals surface area contributed by atoms with Gasteiger partial charge in [-0.15, -0.1) is 0 Å². The van der Waals surface area contributed by atoms with E-state index in [9.17, 15) is 14.4 Å². The summed E-state index contributed by atoms with van der Waals surface area (Å²) in [6.07, 6.45) is 0.909. The number of hydrogen-bond donors (Lipinski definition) is 2. The maximum absolute atomic E-state index is 14.0. The molecule has 9 heteroatoms. The summed E-state index contributed by atoms with van der Waals surface area (Å²) >= 11 is 0. The van der Waals surface area contributed by atoms with E-state index in [2.05, 4.69) is 10.4 Å². The molecule has 2 unspecified atom stereocenters. The largest absolute Gasteiger partial charge is 0.374 e. The predicted octanol–water partition coefficient (Wildman–Crippen LogP) is 2.75. The molecule has 1 fully saturated rings. The summed E-state index contributed by atoms with van der Waals surface area (Å²) in [6, 6.07) is 25.5. The lowest BCUT2D eigenvalue weighted by molar-refractivity contribution is -0.141. The summed E-state index contributed by atoms with van der Waals surface area (Å²) in [5.41, 5.74) is 8.79. The topological polar surface area (TPSA) is 117 Å². The fraction of sp³-hybridized carbons (Fsp3) is 0.312. The van der Waals surface area contributed by atoms with Crippen LogP contribution in [0.1, 0.15) is 33.5 Å². The Hall–Kier alpha value is -4.34. The number of ether oxygens (including phenoxy) is 1. The van der Waals surface area contributed by atoms with E-state index >= 15 is 0 Å². The fourth-order valence-electron chi connectivity index (χ4n) is 5.56. The number of carbonyl (C=O) groups excluding carboxylic acids is 3. The van der Waals surface area contributed by atoms with Gasteiger partial charge in [-0.1, -0.05) is 72.8 Å². The number of rotatable bonds is 10. The maximum Gasteiger partial charge on any atom is 0.256 e. The number of hydrogen-bond acceptors (Lipinski definition) is 6. The standard InChI is InChI=1S/C32H35N5O4/c1-36-31(40)32(18-23-9-4-2-5-10-23)22-37(16-15-28(32)35-36)30(39)27(21-41-20-24-11-6-3-7-12-24)34-29(38)26-14-8-13-25(17-26)19-33/h2-14,17,27H,15-16,18-22,33H2,1H3,(H,34,38). The van der Waals surface area contributed by atoms with Crippen molar-refractivity contribution in [3.63, 3.8) is 0 Å². The maximum atomic E-state index is 14.0. The van der Waals surface area contributed by atoms with Gasteiger partial charge in [0.05, 0.1) is 18.9 Å². The van der Waals surface area contributed by atoms with E-state index in [4.69, 9.17) is 10.5 Å². The highest BCUT2D eigenvalue weighted by Gasteiger charge is 2.53. The van der Waals surface area contributed by atoms with E-state index in [1.54, 1.807) is 30.1 Å². The van der Waals surface area contributed by atoms with Gasteiger partial charge in [0, 0.05) is 38.7 Å². The van der Waals surface area contributed by atoms with Gasteiger partial charge in [0.15, 0.2) is 0 Å². The Bertz CT molecular complexity index is 1430. The zero-order valence-corrected chi connectivity index (χ0v) is 23.2. The number of piperidine rings is 1. The number of likely N-dealkylation sites (tertiary alicyclic amines) is 1. The molecule has 9 nitrogen and oxygen atoms in total. The Morgan fingerprint density at radius 3 is 2.39 bits per heavy atom. The average molecular weight is 554 g/mol. The van der Waals surface area contributed by atoms with Gasteiger partial charge in [0.1, 0.15) is 11.5 Å². The molecule has 0 bridgehead atoms. The molecule has 3 N–H and O–H groups in total. The minimum absolute atomic E-state index is 0.0208. The Balaban J connectivity index is 1.37. The second-order valence-corrected chi connectivity index (χ2v) is 10.6. The second-order valence-electron chi connectivity index (χ2n) is 10.6. The molecule has 41 heavy (non-hydrogen) atoms. The van der Waals surface area contributed by atoms with Crippen LogP contribution in [-0.4, -0.2) is 66.1 Å². The molecule has 0 radical (unpaired) electrons. The zero-order chi connectivity index (χ0) is 28.8. The Labute approximate surface area is 240 Å². The van der Waals surface area contributed by atoms with Gasteiger partial charge in [-0.05, 0) is 35.2 Å². The molecule has 0 aliphatic carbocycles. The van der Waals surface area contributed by atoms with E-state index < -0.39 is 17.4 Å². The molecule has 212 valence electrons. The minimum atomic E-state index is -0.950. The summed E-state index contributed by atoms with van der Waals surface area (Å²) in [4.78, 5) is 42.5. The van der Waals surface area contributed by atoms with Gasteiger partial charge >= 0.3 is 0 Å². The molecule has 0 saturated carbocycles. The average Bonchev–Trinajstić information content (AvgIpc) is 3.25. The van der Waals surface area contributed by atoms with E-state index in [0.717, 1.165) is 22.4 Å². The van der Waals surface area contributed by atoms with Crippen LogP contribution in [0, 0.1) is 5.41 Å². The van der Waals surface area contributed by atoms with Crippen molar-refractivity contribution >= 4 is 23.4 Å². The van der Waals surface area contributed by atoms with Gasteiger partial charge in [0.25, 0.3) is 11.8 Å². The van der Waals surface area contributed by atoms with Crippen LogP contribution in [0.3, 0.4) is 0 Å². The summed E-state index contributed by atoms with van der Waals surface area (Å²) < 4.78 is 5.94. The normalized spacial score (nSPS) is 19.0. The number of benzene rings is 3. The minimum Gasteiger partial charge on any atom is -0.374 e. The van der Waals surface area contributed by atoms with Crippen molar-refractivity contribution in [2.45, 2.75) is 32.0 Å². The summed E-state index contributed by atoms with van der Waals surface area (Å²) in [7, 11) is 1.66. The van der Waals surface area contributed by atoms with Crippen LogP contribution in [-0.2, 0) is 33.9 Å². The number of fused-ring (bicyclic) bond motifs is 1. The molecule has 2 atom stereocenters. The Morgan fingerprint density at radius 2 is 1.68 bits per heavy atom. The van der Waals surface area contributed by atoms with E-state index in [1.807, 2.05) is 66.7 Å². The van der Waals surface area contributed by atoms with Crippen LogP contribution >= 0.6 is 0 Å². The number of hydrazone groups is 1. The van der Waals surface area contributed by atoms with Gasteiger partial charge in [-0.2, -0.15) is 5.10 Å². The molecule has 0 aromatic heterocycles. The van der Waals surface area contributed by atoms with Crippen molar-refractivity contribution in [2.75, 3.05) is 26.7 Å². The first kappa shape index (κ1) is 28.2. The van der Waals surface area contributed by atoms with Gasteiger partial charge < -0.3 is 20.7 Å². The van der Waals surface area contributed by atoms with Crippen LogP contribution in [0.25, 0.3) is 0 Å². The molecule has 2 heterocycles. The van der Waals surface area contributed by atoms with Crippen LogP contribution in [0.15, 0.2) is 90.0 Å². The van der Waals surface area contributed by atoms with Crippen molar-refractivity contribution in [3.8, 4) is 0 Å². The molecule has 5 rings (SSSR count). The van der Waals surface area contributed by atoms with Gasteiger partial charge in [-0.3, -0.25) is 14.4 Å². The first-order valence-electron chi connectivity index (χ1n) is 13.8. The van der Waals surface area contributed by atoms with E-state index in [0.29, 0.717) is 38.1 Å². The van der Waals surface area contributed by atoms with Gasteiger partial charge in [-0.25, -0.2) is 5.01 Å². The number of nitrogens with zero attached hydrogens (tertiary/aromatic N) is 3. The lowest BCUT2D eigenvalue weighted by atomic mass is 9.73. The lowest BCUT2D eigenvalue weighted by Gasteiger charge is -2.40. The molecule has 3 aromatic carbocycles.